The van der Waals surface area contributed by atoms with Gasteiger partial charge in [0.2, 0.25) is 0 Å². The molecule has 1 atom stereocenters. The van der Waals surface area contributed by atoms with E-state index in [9.17, 15) is 18.0 Å². The Morgan fingerprint density at radius 2 is 1.91 bits per heavy atom. The van der Waals surface area contributed by atoms with Crippen molar-refractivity contribution in [3.8, 4) is 0 Å². The summed E-state index contributed by atoms with van der Waals surface area (Å²) in [7, 11) is -3.41. The Morgan fingerprint density at radius 1 is 1.12 bits per heavy atom. The number of benzene rings is 1. The average molecular weight is 454 g/mol. The minimum absolute atomic E-state index is 0.0646. The first-order valence-electron chi connectivity index (χ1n) is 11.0. The zero-order chi connectivity index (χ0) is 22.7. The highest BCUT2D eigenvalue weighted by Gasteiger charge is 2.27. The molecule has 0 saturated heterocycles. The Bertz CT molecular complexity index is 1280. The normalized spacial score (nSPS) is 16.2. The molecule has 1 fully saturated rings. The van der Waals surface area contributed by atoms with Crippen molar-refractivity contribution in [2.45, 2.75) is 55.9 Å². The summed E-state index contributed by atoms with van der Waals surface area (Å²) in [6.45, 7) is 0. The Hall–Kier alpha value is -2.87. The van der Waals surface area contributed by atoms with Gasteiger partial charge in [-0.15, -0.1) is 0 Å². The molecular formula is C24H27N3O4S. The third-order valence-corrected chi connectivity index (χ3v) is 7.36. The van der Waals surface area contributed by atoms with Crippen molar-refractivity contribution in [3.63, 3.8) is 0 Å². The second-order valence-electron chi connectivity index (χ2n) is 8.63. The van der Waals surface area contributed by atoms with Gasteiger partial charge in [0.15, 0.2) is 15.6 Å². The number of carbonyl (C=O) groups is 1. The first-order chi connectivity index (χ1) is 15.3. The number of fused-ring (bicyclic) bond motifs is 1. The van der Waals surface area contributed by atoms with Gasteiger partial charge in [0.25, 0.3) is 5.56 Å². The zero-order valence-electron chi connectivity index (χ0n) is 18.1. The van der Waals surface area contributed by atoms with Gasteiger partial charge in [-0.25, -0.2) is 13.4 Å². The van der Waals surface area contributed by atoms with Crippen LogP contribution in [0.2, 0.25) is 0 Å². The highest BCUT2D eigenvalue weighted by Crippen LogP contribution is 2.31. The van der Waals surface area contributed by atoms with Gasteiger partial charge in [-0.3, -0.25) is 19.1 Å². The predicted molar refractivity (Wildman–Crippen MR) is 122 cm³/mol. The molecule has 1 saturated carbocycles. The lowest BCUT2D eigenvalue weighted by Crippen LogP contribution is -2.33. The van der Waals surface area contributed by atoms with E-state index in [1.54, 1.807) is 12.3 Å². The molecule has 1 aliphatic rings. The van der Waals surface area contributed by atoms with Crippen molar-refractivity contribution in [1.82, 2.24) is 14.5 Å². The zero-order valence-corrected chi connectivity index (χ0v) is 18.9. The molecule has 1 aromatic carbocycles. The van der Waals surface area contributed by atoms with E-state index in [2.05, 4.69) is 9.97 Å². The van der Waals surface area contributed by atoms with Gasteiger partial charge < -0.3 is 0 Å². The summed E-state index contributed by atoms with van der Waals surface area (Å²) in [6.07, 6.45) is 10.5. The lowest BCUT2D eigenvalue weighted by molar-refractivity contribution is -0.122. The number of pyridine rings is 1. The number of nitrogens with zero attached hydrogens (tertiary/aromatic N) is 3. The van der Waals surface area contributed by atoms with Crippen LogP contribution in [0.25, 0.3) is 10.9 Å². The fourth-order valence-corrected chi connectivity index (χ4v) is 5.15. The van der Waals surface area contributed by atoms with E-state index < -0.39 is 15.9 Å². The maximum absolute atomic E-state index is 13.4. The van der Waals surface area contributed by atoms with E-state index in [-0.39, 0.29) is 22.7 Å². The van der Waals surface area contributed by atoms with Crippen molar-refractivity contribution in [2.75, 3.05) is 6.26 Å². The second kappa shape index (κ2) is 9.32. The van der Waals surface area contributed by atoms with Crippen LogP contribution >= 0.6 is 0 Å². The number of ketones is 1. The van der Waals surface area contributed by atoms with Crippen molar-refractivity contribution >= 4 is 26.5 Å². The predicted octanol–water partition coefficient (Wildman–Crippen LogP) is 3.52. The molecule has 0 aliphatic heterocycles. The van der Waals surface area contributed by atoms with Crippen molar-refractivity contribution < 1.29 is 13.2 Å². The van der Waals surface area contributed by atoms with Crippen LogP contribution in [0.4, 0.5) is 0 Å². The topological polar surface area (TPSA) is 99.0 Å². The molecular weight excluding hydrogens is 426 g/mol. The van der Waals surface area contributed by atoms with Gasteiger partial charge in [0.05, 0.1) is 34.6 Å². The number of hydrogen-bond donors (Lipinski definition) is 0. The monoisotopic (exact) mass is 453 g/mol. The first-order valence-corrected chi connectivity index (χ1v) is 12.9. The largest absolute Gasteiger partial charge is 0.297 e. The number of Topliss-reactive ketones (excluding diaryl/α,β-unsaturated/α-hetero) is 1. The summed E-state index contributed by atoms with van der Waals surface area (Å²) in [4.78, 5) is 35.4. The van der Waals surface area contributed by atoms with E-state index in [0.29, 0.717) is 28.9 Å². The molecule has 0 radical (unpaired) electrons. The van der Waals surface area contributed by atoms with Crippen molar-refractivity contribution in [1.29, 1.82) is 0 Å². The maximum Gasteiger partial charge on any atom is 0.261 e. The first kappa shape index (κ1) is 22.3. The standard InChI is InChI=1S/C24H27N3O4S/c1-32(30,31)19-10-11-20-21(15-19)26-16-27(24(20)29)22(13-17-7-3-2-4-8-17)23(28)14-18-9-5-6-12-25-18/h5-6,9-12,15-17,22H,2-4,7-8,13-14H2,1H3. The van der Waals surface area contributed by atoms with E-state index in [0.717, 1.165) is 31.9 Å². The lowest BCUT2D eigenvalue weighted by Gasteiger charge is -2.27. The molecule has 1 aliphatic carbocycles. The van der Waals surface area contributed by atoms with Crippen molar-refractivity contribution in [2.24, 2.45) is 5.92 Å². The minimum Gasteiger partial charge on any atom is -0.297 e. The number of hydrogen-bond acceptors (Lipinski definition) is 6. The number of carbonyl (C=O) groups excluding carboxylic acids is 1. The van der Waals surface area contributed by atoms with Crippen LogP contribution in [0, 0.1) is 5.92 Å². The molecule has 3 aromatic rings. The van der Waals surface area contributed by atoms with E-state index >= 15 is 0 Å². The Kier molecular flexibility index (Phi) is 6.50. The molecule has 32 heavy (non-hydrogen) atoms. The van der Waals surface area contributed by atoms with Gasteiger partial charge in [-0.05, 0) is 42.7 Å². The summed E-state index contributed by atoms with van der Waals surface area (Å²) in [5.74, 6) is 0.321. The molecule has 168 valence electrons. The minimum atomic E-state index is -3.41. The molecule has 7 nitrogen and oxygen atoms in total. The molecule has 0 N–H and O–H groups in total. The summed E-state index contributed by atoms with van der Waals surface area (Å²) in [6, 6.07) is 9.13. The van der Waals surface area contributed by atoms with Gasteiger partial charge >= 0.3 is 0 Å². The highest BCUT2D eigenvalue weighted by atomic mass is 32.2. The van der Waals surface area contributed by atoms with Crippen LogP contribution in [0.1, 0.15) is 50.3 Å². The Labute approximate surface area is 187 Å². The van der Waals surface area contributed by atoms with Crippen LogP contribution in [0.3, 0.4) is 0 Å². The summed E-state index contributed by atoms with van der Waals surface area (Å²) in [5, 5.41) is 0.305. The smallest absolute Gasteiger partial charge is 0.261 e. The molecule has 0 spiro atoms. The Balaban J connectivity index is 1.72. The van der Waals surface area contributed by atoms with Crippen LogP contribution in [-0.2, 0) is 21.1 Å². The SMILES string of the molecule is CS(=O)(=O)c1ccc2c(=O)n(C(CC3CCCCC3)C(=O)Cc3ccccn3)cnc2c1. The average Bonchev–Trinajstić information content (AvgIpc) is 2.78. The third kappa shape index (κ3) is 4.96. The van der Waals surface area contributed by atoms with Gasteiger partial charge in [0, 0.05) is 18.1 Å². The Morgan fingerprint density at radius 3 is 2.59 bits per heavy atom. The van der Waals surface area contributed by atoms with Gasteiger partial charge in [0.1, 0.15) is 0 Å². The third-order valence-electron chi connectivity index (χ3n) is 6.25. The van der Waals surface area contributed by atoms with Crippen LogP contribution in [0.5, 0.6) is 0 Å². The highest BCUT2D eigenvalue weighted by molar-refractivity contribution is 7.90. The molecule has 1 unspecified atom stereocenters. The molecule has 0 amide bonds. The summed E-state index contributed by atoms with van der Waals surface area (Å²) < 4.78 is 25.2. The number of rotatable bonds is 7. The fraction of sp³-hybridized carbons (Fsp3) is 0.417. The van der Waals surface area contributed by atoms with Crippen LogP contribution in [0.15, 0.2) is 58.6 Å². The van der Waals surface area contributed by atoms with Crippen LogP contribution < -0.4 is 5.56 Å². The van der Waals surface area contributed by atoms with E-state index in [4.69, 9.17) is 0 Å². The molecule has 0 bridgehead atoms. The summed E-state index contributed by atoms with van der Waals surface area (Å²) in [5.41, 5.74) is 0.652. The number of sulfone groups is 1. The molecule has 2 heterocycles. The fourth-order valence-electron chi connectivity index (χ4n) is 4.51. The molecule has 2 aromatic heterocycles. The molecule has 8 heteroatoms. The quantitative estimate of drug-likeness (QED) is 0.543. The maximum atomic E-state index is 13.4. The second-order valence-corrected chi connectivity index (χ2v) is 10.6. The van der Waals surface area contributed by atoms with Gasteiger partial charge in [-0.1, -0.05) is 38.2 Å². The van der Waals surface area contributed by atoms with Gasteiger partial charge in [-0.2, -0.15) is 0 Å². The van der Waals surface area contributed by atoms with Crippen LogP contribution in [-0.4, -0.2) is 35.0 Å². The molecule has 4 rings (SSSR count). The number of aromatic nitrogens is 3. The summed E-state index contributed by atoms with van der Waals surface area (Å²) >= 11 is 0. The van der Waals surface area contributed by atoms with E-state index in [1.165, 1.54) is 35.5 Å². The van der Waals surface area contributed by atoms with Crippen molar-refractivity contribution in [3.05, 3.63) is 65.0 Å². The lowest BCUT2D eigenvalue weighted by atomic mass is 9.83. The van der Waals surface area contributed by atoms with E-state index in [1.807, 2.05) is 12.1 Å².